The van der Waals surface area contributed by atoms with E-state index in [0.717, 1.165) is 35.7 Å². The summed E-state index contributed by atoms with van der Waals surface area (Å²) in [5.41, 5.74) is 2.18. The molecule has 0 aliphatic rings. The van der Waals surface area contributed by atoms with E-state index >= 15 is 0 Å². The summed E-state index contributed by atoms with van der Waals surface area (Å²) in [5, 5.41) is 7.91. The first-order chi connectivity index (χ1) is 14.2. The van der Waals surface area contributed by atoms with Gasteiger partial charge in [0, 0.05) is 24.6 Å². The quantitative estimate of drug-likeness (QED) is 0.486. The van der Waals surface area contributed by atoms with Crippen molar-refractivity contribution < 1.29 is 13.9 Å². The third kappa shape index (κ3) is 3.84. The van der Waals surface area contributed by atoms with Gasteiger partial charge >= 0.3 is 0 Å². The Balaban J connectivity index is 1.70. The highest BCUT2D eigenvalue weighted by molar-refractivity contribution is 5.66. The van der Waals surface area contributed by atoms with Gasteiger partial charge in [0.05, 0.1) is 26.6 Å². The Labute approximate surface area is 167 Å². The van der Waals surface area contributed by atoms with Crippen molar-refractivity contribution in [2.24, 2.45) is 0 Å². The Morgan fingerprint density at radius 2 is 2.07 bits per heavy atom. The van der Waals surface area contributed by atoms with Crippen molar-refractivity contribution in [1.29, 1.82) is 0 Å². The average molecular weight is 394 g/mol. The lowest BCUT2D eigenvalue weighted by atomic mass is 10.2. The first-order valence-electron chi connectivity index (χ1n) is 9.32. The molecule has 0 fully saturated rings. The fourth-order valence-corrected chi connectivity index (χ4v) is 3.01. The molecule has 1 N–H and O–H groups in total. The standard InChI is InChI=1S/C20H22N6O3/c1-4-5-17-24-19-18(22-11-13-6-7-14(27-2)10-16(13)28-3)23-15(12-26(19)25-17)20-21-8-9-29-20/h6-10,12H,4-5,11H2,1-3H3,(H,22,23). The molecule has 0 amide bonds. The van der Waals surface area contributed by atoms with Gasteiger partial charge in [0.25, 0.3) is 0 Å². The number of benzene rings is 1. The van der Waals surface area contributed by atoms with Crippen LogP contribution in [0.2, 0.25) is 0 Å². The van der Waals surface area contributed by atoms with Crippen LogP contribution in [-0.4, -0.2) is 38.8 Å². The molecule has 0 aliphatic heterocycles. The minimum Gasteiger partial charge on any atom is -0.497 e. The predicted octanol–water partition coefficient (Wildman–Crippen LogP) is 3.36. The van der Waals surface area contributed by atoms with Gasteiger partial charge in [0.1, 0.15) is 23.5 Å². The van der Waals surface area contributed by atoms with E-state index in [0.29, 0.717) is 29.6 Å². The first-order valence-corrected chi connectivity index (χ1v) is 9.32. The van der Waals surface area contributed by atoms with Crippen LogP contribution in [0.1, 0.15) is 24.7 Å². The molecule has 1 aromatic carbocycles. The number of ether oxygens (including phenoxy) is 2. The molecule has 0 atom stereocenters. The zero-order valence-corrected chi connectivity index (χ0v) is 16.5. The Morgan fingerprint density at radius 1 is 1.17 bits per heavy atom. The molecule has 150 valence electrons. The fraction of sp³-hybridized carbons (Fsp3) is 0.300. The predicted molar refractivity (Wildman–Crippen MR) is 107 cm³/mol. The zero-order chi connectivity index (χ0) is 20.2. The molecular weight excluding hydrogens is 372 g/mol. The maximum Gasteiger partial charge on any atom is 0.246 e. The smallest absolute Gasteiger partial charge is 0.246 e. The average Bonchev–Trinajstić information content (AvgIpc) is 3.41. The van der Waals surface area contributed by atoms with Crippen molar-refractivity contribution >= 4 is 11.5 Å². The van der Waals surface area contributed by atoms with E-state index in [4.69, 9.17) is 13.9 Å². The summed E-state index contributed by atoms with van der Waals surface area (Å²) in [6.07, 6.45) is 6.62. The second kappa shape index (κ2) is 8.17. The molecule has 3 aromatic heterocycles. The molecule has 0 aliphatic carbocycles. The lowest BCUT2D eigenvalue weighted by Gasteiger charge is -2.12. The Hall–Kier alpha value is -3.62. The number of aryl methyl sites for hydroxylation is 1. The van der Waals surface area contributed by atoms with Crippen molar-refractivity contribution in [3.63, 3.8) is 0 Å². The summed E-state index contributed by atoms with van der Waals surface area (Å²) >= 11 is 0. The van der Waals surface area contributed by atoms with Crippen molar-refractivity contribution in [2.45, 2.75) is 26.3 Å². The second-order valence-corrected chi connectivity index (χ2v) is 6.39. The molecule has 29 heavy (non-hydrogen) atoms. The normalized spacial score (nSPS) is 11.0. The molecular formula is C20H22N6O3. The molecule has 0 spiro atoms. The highest BCUT2D eigenvalue weighted by Gasteiger charge is 2.15. The third-order valence-electron chi connectivity index (χ3n) is 4.43. The van der Waals surface area contributed by atoms with Gasteiger partial charge in [0.2, 0.25) is 5.89 Å². The summed E-state index contributed by atoms with van der Waals surface area (Å²) in [7, 11) is 3.26. The molecule has 4 aromatic rings. The third-order valence-corrected chi connectivity index (χ3v) is 4.43. The summed E-state index contributed by atoms with van der Waals surface area (Å²) in [6.45, 7) is 2.58. The highest BCUT2D eigenvalue weighted by atomic mass is 16.5. The first kappa shape index (κ1) is 18.7. The monoisotopic (exact) mass is 394 g/mol. The lowest BCUT2D eigenvalue weighted by molar-refractivity contribution is 0.391. The Morgan fingerprint density at radius 3 is 2.79 bits per heavy atom. The number of oxazole rings is 1. The van der Waals surface area contributed by atoms with Crippen LogP contribution < -0.4 is 14.8 Å². The van der Waals surface area contributed by atoms with Gasteiger partial charge in [-0.05, 0) is 18.6 Å². The molecule has 9 nitrogen and oxygen atoms in total. The summed E-state index contributed by atoms with van der Waals surface area (Å²) < 4.78 is 17.9. The Kier molecular flexibility index (Phi) is 5.28. The van der Waals surface area contributed by atoms with Crippen molar-refractivity contribution in [2.75, 3.05) is 19.5 Å². The van der Waals surface area contributed by atoms with Gasteiger partial charge in [-0.25, -0.2) is 19.5 Å². The minimum atomic E-state index is 0.421. The van der Waals surface area contributed by atoms with E-state index < -0.39 is 0 Å². The molecule has 0 unspecified atom stereocenters. The van der Waals surface area contributed by atoms with Crippen LogP contribution in [0.25, 0.3) is 17.2 Å². The van der Waals surface area contributed by atoms with Crippen LogP contribution in [0.15, 0.2) is 41.3 Å². The molecule has 0 saturated heterocycles. The number of rotatable bonds is 8. The number of hydrogen-bond donors (Lipinski definition) is 1. The minimum absolute atomic E-state index is 0.421. The van der Waals surface area contributed by atoms with E-state index in [2.05, 4.69) is 32.3 Å². The summed E-state index contributed by atoms with van der Waals surface area (Å²) in [5.74, 6) is 3.24. The number of methoxy groups -OCH3 is 2. The van der Waals surface area contributed by atoms with Gasteiger partial charge in [-0.1, -0.05) is 6.92 Å². The number of nitrogens with zero attached hydrogens (tertiary/aromatic N) is 5. The van der Waals surface area contributed by atoms with Gasteiger partial charge < -0.3 is 19.2 Å². The summed E-state index contributed by atoms with van der Waals surface area (Å²) in [6, 6.07) is 5.69. The van der Waals surface area contributed by atoms with Crippen LogP contribution in [-0.2, 0) is 13.0 Å². The molecule has 9 heteroatoms. The van der Waals surface area contributed by atoms with Crippen LogP contribution in [0.5, 0.6) is 11.5 Å². The maximum absolute atomic E-state index is 5.48. The SMILES string of the molecule is CCCc1nc2c(NCc3ccc(OC)cc3OC)nc(-c3ncco3)cn2n1. The van der Waals surface area contributed by atoms with Gasteiger partial charge in [-0.15, -0.1) is 0 Å². The second-order valence-electron chi connectivity index (χ2n) is 6.39. The van der Waals surface area contributed by atoms with Crippen molar-refractivity contribution in [1.82, 2.24) is 24.6 Å². The van der Waals surface area contributed by atoms with E-state index in [1.807, 2.05) is 18.2 Å². The number of aromatic nitrogens is 5. The van der Waals surface area contributed by atoms with E-state index in [9.17, 15) is 0 Å². The van der Waals surface area contributed by atoms with E-state index in [1.54, 1.807) is 31.1 Å². The van der Waals surface area contributed by atoms with E-state index in [-0.39, 0.29) is 0 Å². The van der Waals surface area contributed by atoms with Crippen LogP contribution in [0.3, 0.4) is 0 Å². The molecule has 3 heterocycles. The van der Waals surface area contributed by atoms with Gasteiger partial charge in [0.15, 0.2) is 17.3 Å². The topological polar surface area (TPSA) is 99.6 Å². The molecule has 0 saturated carbocycles. The molecule has 0 bridgehead atoms. The zero-order valence-electron chi connectivity index (χ0n) is 16.5. The number of nitrogens with one attached hydrogen (secondary N) is 1. The van der Waals surface area contributed by atoms with Crippen molar-refractivity contribution in [3.8, 4) is 23.1 Å². The molecule has 4 rings (SSSR count). The fourth-order valence-electron chi connectivity index (χ4n) is 3.01. The van der Waals surface area contributed by atoms with Crippen LogP contribution in [0, 0.1) is 0 Å². The number of hydrogen-bond acceptors (Lipinski definition) is 8. The largest absolute Gasteiger partial charge is 0.497 e. The van der Waals surface area contributed by atoms with Crippen molar-refractivity contribution in [3.05, 3.63) is 48.2 Å². The van der Waals surface area contributed by atoms with Crippen LogP contribution in [0.4, 0.5) is 5.82 Å². The van der Waals surface area contributed by atoms with Crippen LogP contribution >= 0.6 is 0 Å². The summed E-state index contributed by atoms with van der Waals surface area (Å²) in [4.78, 5) is 13.5. The lowest BCUT2D eigenvalue weighted by Crippen LogP contribution is -2.07. The number of fused-ring (bicyclic) bond motifs is 1. The number of anilines is 1. The Bertz CT molecular complexity index is 1110. The molecule has 0 radical (unpaired) electrons. The van der Waals surface area contributed by atoms with Gasteiger partial charge in [-0.3, -0.25) is 0 Å². The maximum atomic E-state index is 5.48. The van der Waals surface area contributed by atoms with E-state index in [1.165, 1.54) is 6.26 Å². The van der Waals surface area contributed by atoms with Gasteiger partial charge in [-0.2, -0.15) is 5.10 Å². The highest BCUT2D eigenvalue weighted by Crippen LogP contribution is 2.26.